The quantitative estimate of drug-likeness (QED) is 0.724. The van der Waals surface area contributed by atoms with Crippen LogP contribution < -0.4 is 10.1 Å². The number of hydrogen-bond donors (Lipinski definition) is 2. The van der Waals surface area contributed by atoms with Gasteiger partial charge in [-0.1, -0.05) is 17.7 Å². The zero-order valence-electron chi connectivity index (χ0n) is 13.4. The Morgan fingerprint density at radius 3 is 2.42 bits per heavy atom. The largest absolute Gasteiger partial charge is 0.496 e. The van der Waals surface area contributed by atoms with Gasteiger partial charge in [-0.3, -0.25) is 10.1 Å². The first kappa shape index (κ1) is 19.6. The van der Waals surface area contributed by atoms with Gasteiger partial charge in [0, 0.05) is 10.6 Å². The fourth-order valence-electron chi connectivity index (χ4n) is 2.35. The number of nitrogens with one attached hydrogen (secondary N) is 1. The molecule has 0 unspecified atom stereocenters. The van der Waals surface area contributed by atoms with Gasteiger partial charge in [0.25, 0.3) is 0 Å². The number of carbonyl (C=O) groups excluding carboxylic acids is 1. The lowest BCUT2D eigenvalue weighted by atomic mass is 9.97. The van der Waals surface area contributed by atoms with Gasteiger partial charge in [-0.05, 0) is 35.9 Å². The van der Waals surface area contributed by atoms with Crippen molar-refractivity contribution in [3.05, 3.63) is 58.1 Å². The van der Waals surface area contributed by atoms with Crippen molar-refractivity contribution in [1.29, 1.82) is 0 Å². The highest BCUT2D eigenvalue weighted by atomic mass is 35.5. The Morgan fingerprint density at radius 2 is 1.85 bits per heavy atom. The number of amides is 1. The van der Waals surface area contributed by atoms with E-state index in [0.29, 0.717) is 0 Å². The van der Waals surface area contributed by atoms with Gasteiger partial charge < -0.3 is 9.84 Å². The Labute approximate surface area is 151 Å². The molecule has 0 bridgehead atoms. The summed E-state index contributed by atoms with van der Waals surface area (Å²) in [6, 6.07) is 7.42. The second-order valence-electron chi connectivity index (χ2n) is 5.28. The van der Waals surface area contributed by atoms with Crippen LogP contribution in [0.2, 0.25) is 5.02 Å². The highest BCUT2D eigenvalue weighted by Crippen LogP contribution is 2.30. The van der Waals surface area contributed by atoms with Gasteiger partial charge in [-0.2, -0.15) is 13.2 Å². The van der Waals surface area contributed by atoms with Crippen LogP contribution >= 0.6 is 11.6 Å². The number of rotatable bonds is 5. The lowest BCUT2D eigenvalue weighted by molar-refractivity contribution is -0.127. The molecule has 0 aliphatic heterocycles. The van der Waals surface area contributed by atoms with Crippen LogP contribution in [0, 0.1) is 0 Å². The summed E-state index contributed by atoms with van der Waals surface area (Å²) >= 11 is 5.88. The Morgan fingerprint density at radius 1 is 1.15 bits per heavy atom. The maximum Gasteiger partial charge on any atom is 0.409 e. The van der Waals surface area contributed by atoms with Crippen molar-refractivity contribution in [3.63, 3.8) is 0 Å². The summed E-state index contributed by atoms with van der Waals surface area (Å²) < 4.78 is 43.0. The first-order chi connectivity index (χ1) is 12.1. The molecule has 2 aromatic carbocycles. The molecule has 0 aliphatic carbocycles. The number of benzene rings is 2. The molecule has 0 aromatic heterocycles. The predicted octanol–water partition coefficient (Wildman–Crippen LogP) is 4.77. The maximum atomic E-state index is 12.8. The molecule has 0 aliphatic rings. The minimum absolute atomic E-state index is 0.00222. The monoisotopic (exact) mass is 387 g/mol. The molecule has 2 aromatic rings. The van der Waals surface area contributed by atoms with E-state index in [1.807, 2.05) is 5.32 Å². The van der Waals surface area contributed by atoms with Crippen molar-refractivity contribution in [3.8, 4) is 5.75 Å². The lowest BCUT2D eigenvalue weighted by Gasteiger charge is -2.14. The van der Waals surface area contributed by atoms with Crippen LogP contribution in [0.5, 0.6) is 5.75 Å². The topological polar surface area (TPSA) is 75.6 Å². The Bertz CT molecular complexity index is 852. The number of methoxy groups -OCH3 is 1. The van der Waals surface area contributed by atoms with Crippen molar-refractivity contribution in [1.82, 2.24) is 0 Å². The van der Waals surface area contributed by atoms with E-state index in [1.165, 1.54) is 25.3 Å². The first-order valence-corrected chi connectivity index (χ1v) is 7.56. The van der Waals surface area contributed by atoms with Crippen LogP contribution in [0.3, 0.4) is 0 Å². The summed E-state index contributed by atoms with van der Waals surface area (Å²) in [7, 11) is 1.32. The Hall–Kier alpha value is -2.74. The third-order valence-corrected chi connectivity index (χ3v) is 3.62. The molecule has 0 spiro atoms. The lowest BCUT2D eigenvalue weighted by Crippen LogP contribution is -2.16. The van der Waals surface area contributed by atoms with Crippen molar-refractivity contribution in [2.24, 2.45) is 0 Å². The van der Waals surface area contributed by atoms with Crippen molar-refractivity contribution in [2.75, 3.05) is 12.4 Å². The first-order valence-electron chi connectivity index (χ1n) is 7.18. The van der Waals surface area contributed by atoms with E-state index in [4.69, 9.17) is 21.4 Å². The van der Waals surface area contributed by atoms with Gasteiger partial charge >= 0.3 is 12.3 Å². The molecule has 0 heterocycles. The molecule has 9 heteroatoms. The van der Waals surface area contributed by atoms with Crippen LogP contribution in [0.1, 0.15) is 21.5 Å². The average Bonchev–Trinajstić information content (AvgIpc) is 2.53. The minimum atomic E-state index is -4.48. The van der Waals surface area contributed by atoms with Crippen LogP contribution in [-0.4, -0.2) is 30.3 Å². The number of carbonyl (C=O) groups is 2. The number of ketones is 1. The van der Waals surface area contributed by atoms with Crippen molar-refractivity contribution >= 4 is 29.2 Å². The van der Waals surface area contributed by atoms with E-state index in [2.05, 4.69) is 0 Å². The summed E-state index contributed by atoms with van der Waals surface area (Å²) in [4.78, 5) is 23.8. The molecule has 2 N–H and O–H groups in total. The molecule has 26 heavy (non-hydrogen) atoms. The highest BCUT2D eigenvalue weighted by molar-refractivity contribution is 6.31. The summed E-state index contributed by atoms with van der Waals surface area (Å²) in [6.45, 7) is 0. The van der Waals surface area contributed by atoms with E-state index in [0.717, 1.165) is 18.2 Å². The maximum absolute atomic E-state index is 12.8. The second kappa shape index (κ2) is 7.65. The SMILES string of the molecule is COc1ccc(Cl)cc1C(=O)c1cc(CC(F)(F)F)ccc1NC(=O)O. The molecule has 138 valence electrons. The number of halogens is 4. The smallest absolute Gasteiger partial charge is 0.409 e. The van der Waals surface area contributed by atoms with Crippen LogP contribution in [-0.2, 0) is 6.42 Å². The van der Waals surface area contributed by atoms with Gasteiger partial charge in [0.05, 0.1) is 24.8 Å². The number of hydrogen-bond acceptors (Lipinski definition) is 3. The fourth-order valence-corrected chi connectivity index (χ4v) is 2.52. The zero-order valence-corrected chi connectivity index (χ0v) is 14.1. The van der Waals surface area contributed by atoms with Gasteiger partial charge in [0.2, 0.25) is 0 Å². The number of anilines is 1. The van der Waals surface area contributed by atoms with Gasteiger partial charge in [-0.15, -0.1) is 0 Å². The van der Waals surface area contributed by atoms with Gasteiger partial charge in [0.15, 0.2) is 5.78 Å². The van der Waals surface area contributed by atoms with Crippen LogP contribution in [0.15, 0.2) is 36.4 Å². The van der Waals surface area contributed by atoms with Crippen molar-refractivity contribution in [2.45, 2.75) is 12.6 Å². The summed E-state index contributed by atoms with van der Waals surface area (Å²) in [5.74, 6) is -0.570. The summed E-state index contributed by atoms with van der Waals surface area (Å²) in [5, 5.41) is 11.1. The molecular weight excluding hydrogens is 375 g/mol. The summed E-state index contributed by atoms with van der Waals surface area (Å²) in [6.07, 6.45) is -7.19. The van der Waals surface area contributed by atoms with E-state index >= 15 is 0 Å². The van der Waals surface area contributed by atoms with E-state index in [1.54, 1.807) is 0 Å². The average molecular weight is 388 g/mol. The zero-order chi connectivity index (χ0) is 19.5. The molecule has 5 nitrogen and oxygen atoms in total. The molecule has 0 saturated carbocycles. The van der Waals surface area contributed by atoms with Gasteiger partial charge in [0.1, 0.15) is 5.75 Å². The van der Waals surface area contributed by atoms with Crippen molar-refractivity contribution < 1.29 is 32.6 Å². The second-order valence-corrected chi connectivity index (χ2v) is 5.71. The fraction of sp³-hybridized carbons (Fsp3) is 0.176. The third kappa shape index (κ3) is 4.89. The third-order valence-electron chi connectivity index (χ3n) is 3.38. The van der Waals surface area contributed by atoms with Crippen LogP contribution in [0.4, 0.5) is 23.7 Å². The predicted molar refractivity (Wildman–Crippen MR) is 89.3 cm³/mol. The van der Waals surface area contributed by atoms with Crippen LogP contribution in [0.25, 0.3) is 0 Å². The molecule has 0 fully saturated rings. The standard InChI is InChI=1S/C17H13ClF3NO4/c1-26-14-5-3-10(18)7-12(14)15(23)11-6-9(8-17(19,20)21)2-4-13(11)22-16(24)25/h2-7,22H,8H2,1H3,(H,24,25). The van der Waals surface area contributed by atoms with E-state index < -0.39 is 24.5 Å². The molecule has 0 radical (unpaired) electrons. The molecular formula is C17H13ClF3NO4. The molecule has 0 atom stereocenters. The molecule has 1 amide bonds. The number of ether oxygens (including phenoxy) is 1. The minimum Gasteiger partial charge on any atom is -0.496 e. The Balaban J connectivity index is 2.57. The molecule has 0 saturated heterocycles. The Kier molecular flexibility index (Phi) is 5.76. The molecule has 2 rings (SSSR count). The van der Waals surface area contributed by atoms with Gasteiger partial charge in [-0.25, -0.2) is 4.79 Å². The normalized spacial score (nSPS) is 11.1. The number of carboxylic acid groups (broad SMARTS) is 1. The number of alkyl halides is 3. The van der Waals surface area contributed by atoms with E-state index in [9.17, 15) is 22.8 Å². The highest BCUT2D eigenvalue weighted by Gasteiger charge is 2.29. The summed E-state index contributed by atoms with van der Waals surface area (Å²) in [5.41, 5.74) is -0.569. The van der Waals surface area contributed by atoms with E-state index in [-0.39, 0.29) is 33.1 Å².